The zero-order valence-corrected chi connectivity index (χ0v) is 27.0. The third-order valence-corrected chi connectivity index (χ3v) is 11.4. The third-order valence-electron chi connectivity index (χ3n) is 9.37. The van der Waals surface area contributed by atoms with Crippen molar-refractivity contribution in [1.29, 1.82) is 0 Å². The van der Waals surface area contributed by atoms with Crippen molar-refractivity contribution in [3.63, 3.8) is 0 Å². The third kappa shape index (κ3) is 7.66. The quantitative estimate of drug-likeness (QED) is 0.269. The first-order chi connectivity index (χ1) is 20.0. The number of unbranched alkanes of at least 4 members (excludes halogenated alkanes) is 1. The van der Waals surface area contributed by atoms with Crippen molar-refractivity contribution in [3.05, 3.63) is 53.6 Å². The smallest absolute Gasteiger partial charge is 0.179 e. The first-order valence-electron chi connectivity index (χ1n) is 15.5. The van der Waals surface area contributed by atoms with Gasteiger partial charge >= 0.3 is 0 Å². The molecule has 0 aromatic heterocycles. The summed E-state index contributed by atoms with van der Waals surface area (Å²) in [6, 6.07) is 12.8. The minimum absolute atomic E-state index is 0.0658. The number of nitrogens with zero attached hydrogens (tertiary/aromatic N) is 2. The van der Waals surface area contributed by atoms with Gasteiger partial charge in [-0.25, -0.2) is 8.42 Å². The van der Waals surface area contributed by atoms with Crippen LogP contribution in [0.3, 0.4) is 0 Å². The summed E-state index contributed by atoms with van der Waals surface area (Å²) in [7, 11) is 2.50. The molecule has 1 saturated heterocycles. The Kier molecular flexibility index (Phi) is 11.0. The molecule has 1 fully saturated rings. The van der Waals surface area contributed by atoms with Crippen LogP contribution >= 0.6 is 0 Å². The Morgan fingerprint density at radius 1 is 1.00 bits per heavy atom. The maximum atomic E-state index is 13.7. The minimum atomic E-state index is -3.63. The fourth-order valence-corrected chi connectivity index (χ4v) is 8.65. The molecule has 0 amide bonds. The van der Waals surface area contributed by atoms with Crippen LogP contribution in [-0.4, -0.2) is 109 Å². The second kappa shape index (κ2) is 14.1. The van der Waals surface area contributed by atoms with Gasteiger partial charge in [-0.15, -0.1) is 0 Å². The first-order valence-corrected chi connectivity index (χ1v) is 17.1. The predicted molar refractivity (Wildman–Crippen MR) is 166 cm³/mol. The molecule has 9 heteroatoms. The lowest BCUT2D eigenvalue weighted by atomic mass is 9.69. The van der Waals surface area contributed by atoms with Gasteiger partial charge in [0.15, 0.2) is 9.84 Å². The number of methoxy groups -OCH3 is 1. The molecule has 3 atom stereocenters. The van der Waals surface area contributed by atoms with Crippen molar-refractivity contribution < 1.29 is 32.2 Å². The second-order valence-electron chi connectivity index (χ2n) is 12.7. The summed E-state index contributed by atoms with van der Waals surface area (Å²) in [6.45, 7) is 11.2. The number of aliphatic hydroxyl groups excluding tert-OH is 1. The van der Waals surface area contributed by atoms with Crippen molar-refractivity contribution in [3.8, 4) is 11.5 Å². The molecular weight excluding hydrogens is 552 g/mol. The Labute approximate surface area is 253 Å². The average Bonchev–Trinajstić information content (AvgIpc) is 3.05. The van der Waals surface area contributed by atoms with E-state index in [1.165, 1.54) is 13.1 Å². The number of likely N-dealkylation sites (N-methyl/N-ethyl adjacent to an activating group) is 1. The van der Waals surface area contributed by atoms with Gasteiger partial charge < -0.3 is 23.8 Å². The highest BCUT2D eigenvalue weighted by Crippen LogP contribution is 2.49. The molecule has 2 aliphatic heterocycles. The van der Waals surface area contributed by atoms with E-state index in [1.807, 2.05) is 31.2 Å². The van der Waals surface area contributed by atoms with E-state index in [2.05, 4.69) is 25.9 Å². The van der Waals surface area contributed by atoms with Crippen LogP contribution in [-0.2, 0) is 14.6 Å². The molecule has 2 unspecified atom stereocenters. The second-order valence-corrected chi connectivity index (χ2v) is 14.6. The summed E-state index contributed by atoms with van der Waals surface area (Å²) in [5.74, 6) is 0.708. The van der Waals surface area contributed by atoms with Gasteiger partial charge in [-0.1, -0.05) is 38.8 Å². The molecule has 2 heterocycles. The molecule has 42 heavy (non-hydrogen) atoms. The molecule has 2 aromatic carbocycles. The van der Waals surface area contributed by atoms with Crippen molar-refractivity contribution in [1.82, 2.24) is 4.90 Å². The maximum Gasteiger partial charge on any atom is 0.179 e. The zero-order chi connectivity index (χ0) is 30.4. The number of hydrogen-bond acceptors (Lipinski definition) is 7. The molecule has 2 aromatic rings. The zero-order valence-electron chi connectivity index (χ0n) is 26.2. The predicted octanol–water partition coefficient (Wildman–Crippen LogP) is 4.35. The molecule has 0 spiro atoms. The van der Waals surface area contributed by atoms with Crippen LogP contribution in [0.25, 0.3) is 0 Å². The topological polar surface area (TPSA) is 85.3 Å². The lowest BCUT2D eigenvalue weighted by Crippen LogP contribution is -2.55. The van der Waals surface area contributed by atoms with Crippen LogP contribution in [0.15, 0.2) is 47.4 Å². The largest absolute Gasteiger partial charge is 0.497 e. The minimum Gasteiger partial charge on any atom is -0.497 e. The number of piperazine rings is 1. The SMILES string of the molecule is CCCCC1(CC)CS(=O)(=O)c2ccc(OC)cc2[C@@H](c2ccc(OCCOCCN3CC[N+](C)(C)CC3)cc2)C1O. The molecule has 0 aliphatic carbocycles. The van der Waals surface area contributed by atoms with Crippen molar-refractivity contribution >= 4 is 9.84 Å². The Hall–Kier alpha value is -2.17. The highest BCUT2D eigenvalue weighted by atomic mass is 32.2. The molecule has 1 N–H and O–H groups in total. The van der Waals surface area contributed by atoms with Crippen LogP contribution in [0, 0.1) is 5.41 Å². The summed E-state index contributed by atoms with van der Waals surface area (Å²) in [5, 5.41) is 12.0. The Bertz CT molecular complexity index is 1260. The van der Waals surface area contributed by atoms with E-state index in [-0.39, 0.29) is 10.6 Å². The average molecular weight is 604 g/mol. The lowest BCUT2D eigenvalue weighted by molar-refractivity contribution is -0.894. The van der Waals surface area contributed by atoms with E-state index >= 15 is 0 Å². The molecule has 8 nitrogen and oxygen atoms in total. The van der Waals surface area contributed by atoms with Crippen LogP contribution < -0.4 is 9.47 Å². The molecule has 2 aliphatic rings. The standard InChI is InChI=1S/C33H51N2O6S/c1-6-8-15-33(7-2)25-42(37,38)30-14-13-28(39-5)24-29(30)31(32(33)36)26-9-11-27(12-10-26)41-23-22-40-21-18-34-16-19-35(3,4)20-17-34/h9-14,24,31-32,36H,6-8,15-23,25H2,1-5H3/q+1/t31-,32?,33?/m1/s1. The summed E-state index contributed by atoms with van der Waals surface area (Å²) >= 11 is 0. The molecule has 0 bridgehead atoms. The lowest BCUT2D eigenvalue weighted by Gasteiger charge is -2.39. The van der Waals surface area contributed by atoms with E-state index in [4.69, 9.17) is 14.2 Å². The van der Waals surface area contributed by atoms with Gasteiger partial charge in [0.05, 0.1) is 64.3 Å². The van der Waals surface area contributed by atoms with E-state index < -0.39 is 27.3 Å². The molecule has 0 saturated carbocycles. The van der Waals surface area contributed by atoms with E-state index in [9.17, 15) is 13.5 Å². The number of hydrogen-bond donors (Lipinski definition) is 1. The number of benzene rings is 2. The van der Waals surface area contributed by atoms with Crippen molar-refractivity contribution in [2.75, 3.05) is 79.5 Å². The van der Waals surface area contributed by atoms with Crippen LogP contribution in [0.2, 0.25) is 0 Å². The number of sulfone groups is 1. The summed E-state index contributed by atoms with van der Waals surface area (Å²) in [5.41, 5.74) is 0.698. The summed E-state index contributed by atoms with van der Waals surface area (Å²) in [6.07, 6.45) is 2.15. The first kappa shape index (κ1) is 32.7. The monoisotopic (exact) mass is 603 g/mol. The molecule has 0 radical (unpaired) electrons. The fourth-order valence-electron chi connectivity index (χ4n) is 6.40. The Morgan fingerprint density at radius 2 is 1.69 bits per heavy atom. The molecule has 4 rings (SSSR count). The number of quaternary nitrogens is 1. The number of aliphatic hydroxyl groups is 1. The van der Waals surface area contributed by atoms with Gasteiger partial charge in [0.25, 0.3) is 0 Å². The Morgan fingerprint density at radius 3 is 2.33 bits per heavy atom. The highest BCUT2D eigenvalue weighted by molar-refractivity contribution is 7.91. The number of rotatable bonds is 13. The summed E-state index contributed by atoms with van der Waals surface area (Å²) < 4.78 is 45.8. The fraction of sp³-hybridized carbons (Fsp3) is 0.636. The maximum absolute atomic E-state index is 13.7. The van der Waals surface area contributed by atoms with Crippen molar-refractivity contribution in [2.24, 2.45) is 5.41 Å². The summed E-state index contributed by atoms with van der Waals surface area (Å²) in [4.78, 5) is 2.74. The Balaban J connectivity index is 1.45. The van der Waals surface area contributed by atoms with Crippen LogP contribution in [0.5, 0.6) is 11.5 Å². The van der Waals surface area contributed by atoms with E-state index in [1.54, 1.807) is 25.3 Å². The van der Waals surface area contributed by atoms with Gasteiger partial charge in [0, 0.05) is 31.0 Å². The van der Waals surface area contributed by atoms with Gasteiger partial charge in [-0.2, -0.15) is 0 Å². The van der Waals surface area contributed by atoms with Gasteiger partial charge in [0.2, 0.25) is 0 Å². The number of fused-ring (bicyclic) bond motifs is 1. The van der Waals surface area contributed by atoms with E-state index in [0.29, 0.717) is 49.7 Å². The highest BCUT2D eigenvalue weighted by Gasteiger charge is 2.49. The van der Waals surface area contributed by atoms with Crippen LogP contribution in [0.1, 0.15) is 56.6 Å². The molecular formula is C33H51N2O6S+. The van der Waals surface area contributed by atoms with Gasteiger partial charge in [-0.3, -0.25) is 4.90 Å². The van der Waals surface area contributed by atoms with Gasteiger partial charge in [0.1, 0.15) is 18.1 Å². The van der Waals surface area contributed by atoms with Crippen molar-refractivity contribution in [2.45, 2.75) is 56.4 Å². The number of ether oxygens (including phenoxy) is 3. The molecule has 234 valence electrons. The van der Waals surface area contributed by atoms with Gasteiger partial charge in [-0.05, 0) is 54.3 Å². The normalized spacial score (nSPS) is 25.4. The van der Waals surface area contributed by atoms with E-state index in [0.717, 1.165) is 42.5 Å². The van der Waals surface area contributed by atoms with Crippen LogP contribution in [0.4, 0.5) is 0 Å².